The van der Waals surface area contributed by atoms with Gasteiger partial charge in [-0.2, -0.15) is 0 Å². The quantitative estimate of drug-likeness (QED) is 0.842. The molecular weight excluding hydrogens is 277 g/mol. The lowest BCUT2D eigenvalue weighted by atomic mass is 10.1. The van der Waals surface area contributed by atoms with Gasteiger partial charge in [-0.05, 0) is 11.6 Å². The van der Waals surface area contributed by atoms with Gasteiger partial charge >= 0.3 is 0 Å². The van der Waals surface area contributed by atoms with Crippen LogP contribution < -0.4 is 11.1 Å². The Bertz CT molecular complexity index is 643. The minimum Gasteiger partial charge on any atom is -0.389 e. The zero-order valence-corrected chi connectivity index (χ0v) is 11.3. The predicted molar refractivity (Wildman–Crippen MR) is 77.7 cm³/mol. The molecular formula is C14H12FN3OS. The van der Waals surface area contributed by atoms with Crippen LogP contribution in [0.1, 0.15) is 21.5 Å². The van der Waals surface area contributed by atoms with Gasteiger partial charge in [-0.25, -0.2) is 4.39 Å². The van der Waals surface area contributed by atoms with E-state index in [2.05, 4.69) is 10.3 Å². The van der Waals surface area contributed by atoms with Gasteiger partial charge in [0.15, 0.2) is 0 Å². The number of halogens is 1. The van der Waals surface area contributed by atoms with Crippen molar-refractivity contribution in [2.24, 2.45) is 5.73 Å². The Hall–Kier alpha value is -2.34. The average Bonchev–Trinajstić information content (AvgIpc) is 2.45. The molecule has 0 atom stereocenters. The summed E-state index contributed by atoms with van der Waals surface area (Å²) in [7, 11) is 0. The number of pyridine rings is 1. The maximum atomic E-state index is 12.9. The summed E-state index contributed by atoms with van der Waals surface area (Å²) in [6, 6.07) is 8.34. The minimum atomic E-state index is -0.543. The Morgan fingerprint density at radius 3 is 2.55 bits per heavy atom. The van der Waals surface area contributed by atoms with Gasteiger partial charge in [0, 0.05) is 18.3 Å². The molecule has 20 heavy (non-hydrogen) atoms. The van der Waals surface area contributed by atoms with Gasteiger partial charge in [-0.15, -0.1) is 0 Å². The van der Waals surface area contributed by atoms with E-state index in [0.29, 0.717) is 11.5 Å². The third-order valence-electron chi connectivity index (χ3n) is 2.66. The van der Waals surface area contributed by atoms with Crippen LogP contribution in [0.15, 0.2) is 42.7 Å². The number of nitrogens with one attached hydrogen (secondary N) is 1. The van der Waals surface area contributed by atoms with Crippen LogP contribution in [0.3, 0.4) is 0 Å². The monoisotopic (exact) mass is 289 g/mol. The van der Waals surface area contributed by atoms with Gasteiger partial charge in [-0.3, -0.25) is 9.78 Å². The van der Waals surface area contributed by atoms with Crippen molar-refractivity contribution < 1.29 is 9.18 Å². The van der Waals surface area contributed by atoms with Crippen molar-refractivity contribution in [3.8, 4) is 0 Å². The maximum absolute atomic E-state index is 12.9. The predicted octanol–water partition coefficient (Wildman–Crippen LogP) is 1.78. The number of thiocarbonyl (C=S) groups is 1. The SMILES string of the molecule is NC(=S)c1ccc(CNC(=O)c2cncc(F)c2)cc1. The second-order valence-electron chi connectivity index (χ2n) is 4.14. The molecule has 0 aliphatic carbocycles. The van der Waals surface area contributed by atoms with E-state index >= 15 is 0 Å². The highest BCUT2D eigenvalue weighted by Crippen LogP contribution is 2.05. The number of aromatic nitrogens is 1. The number of carbonyl (C=O) groups is 1. The second-order valence-corrected chi connectivity index (χ2v) is 4.58. The van der Waals surface area contributed by atoms with Crippen LogP contribution in [0.25, 0.3) is 0 Å². The lowest BCUT2D eigenvalue weighted by Crippen LogP contribution is -2.23. The molecule has 6 heteroatoms. The van der Waals surface area contributed by atoms with E-state index < -0.39 is 5.82 Å². The summed E-state index contributed by atoms with van der Waals surface area (Å²) in [4.78, 5) is 15.7. The van der Waals surface area contributed by atoms with Crippen LogP contribution in [0.5, 0.6) is 0 Å². The van der Waals surface area contributed by atoms with E-state index in [1.807, 2.05) is 12.1 Å². The van der Waals surface area contributed by atoms with Crippen molar-refractivity contribution in [3.63, 3.8) is 0 Å². The Balaban J connectivity index is 1.98. The lowest BCUT2D eigenvalue weighted by molar-refractivity contribution is 0.0950. The van der Waals surface area contributed by atoms with E-state index in [9.17, 15) is 9.18 Å². The fourth-order valence-corrected chi connectivity index (χ4v) is 1.74. The molecule has 0 saturated heterocycles. The van der Waals surface area contributed by atoms with Crippen molar-refractivity contribution in [1.29, 1.82) is 0 Å². The van der Waals surface area contributed by atoms with Crippen LogP contribution in [0, 0.1) is 5.82 Å². The Morgan fingerprint density at radius 2 is 1.95 bits per heavy atom. The van der Waals surface area contributed by atoms with Gasteiger partial charge in [0.05, 0.1) is 11.8 Å². The largest absolute Gasteiger partial charge is 0.389 e. The molecule has 4 nitrogen and oxygen atoms in total. The van der Waals surface area contributed by atoms with Gasteiger partial charge in [0.1, 0.15) is 10.8 Å². The van der Waals surface area contributed by atoms with Gasteiger partial charge in [0.2, 0.25) is 0 Å². The third-order valence-corrected chi connectivity index (χ3v) is 2.89. The molecule has 102 valence electrons. The average molecular weight is 289 g/mol. The van der Waals surface area contributed by atoms with Crippen LogP contribution in [-0.2, 0) is 6.54 Å². The van der Waals surface area contributed by atoms with Crippen molar-refractivity contribution in [2.75, 3.05) is 0 Å². The standard InChI is InChI=1S/C14H12FN3OS/c15-12-5-11(7-17-8-12)14(19)18-6-9-1-3-10(4-2-9)13(16)20/h1-5,7-8H,6H2,(H2,16,20)(H,18,19). The number of hydrogen-bond donors (Lipinski definition) is 2. The first-order valence-corrected chi connectivity index (χ1v) is 6.24. The van der Waals surface area contributed by atoms with Crippen molar-refractivity contribution in [3.05, 3.63) is 65.2 Å². The first-order valence-electron chi connectivity index (χ1n) is 5.84. The molecule has 0 fully saturated rings. The van der Waals surface area contributed by atoms with E-state index in [0.717, 1.165) is 23.4 Å². The number of hydrogen-bond acceptors (Lipinski definition) is 3. The molecule has 0 spiro atoms. The molecule has 3 N–H and O–H groups in total. The zero-order chi connectivity index (χ0) is 14.5. The molecule has 0 bridgehead atoms. The van der Waals surface area contributed by atoms with Crippen LogP contribution >= 0.6 is 12.2 Å². The fourth-order valence-electron chi connectivity index (χ4n) is 1.61. The second kappa shape index (κ2) is 6.21. The third kappa shape index (κ3) is 3.58. The molecule has 0 aliphatic heterocycles. The number of benzene rings is 1. The van der Waals surface area contributed by atoms with Crippen LogP contribution in [0.4, 0.5) is 4.39 Å². The number of carbonyl (C=O) groups excluding carboxylic acids is 1. The summed E-state index contributed by atoms with van der Waals surface area (Å²) in [5.41, 5.74) is 7.34. The molecule has 0 unspecified atom stereocenters. The number of nitrogens with two attached hydrogens (primary N) is 1. The van der Waals surface area contributed by atoms with Crippen LogP contribution in [0.2, 0.25) is 0 Å². The lowest BCUT2D eigenvalue weighted by Gasteiger charge is -2.06. The summed E-state index contributed by atoms with van der Waals surface area (Å²) in [6.07, 6.45) is 2.36. The Kier molecular flexibility index (Phi) is 4.37. The summed E-state index contributed by atoms with van der Waals surface area (Å²) in [5, 5.41) is 2.68. The molecule has 0 aliphatic rings. The first kappa shape index (κ1) is 14.1. The van der Waals surface area contributed by atoms with E-state index in [4.69, 9.17) is 18.0 Å². The number of amides is 1. The summed E-state index contributed by atoms with van der Waals surface area (Å²) in [5.74, 6) is -0.922. The normalized spacial score (nSPS) is 10.1. The van der Waals surface area contributed by atoms with Crippen molar-refractivity contribution in [2.45, 2.75) is 6.54 Å². The molecule has 1 amide bonds. The van der Waals surface area contributed by atoms with Crippen molar-refractivity contribution in [1.82, 2.24) is 10.3 Å². The Labute approximate surface area is 120 Å². The highest BCUT2D eigenvalue weighted by Gasteiger charge is 2.06. The zero-order valence-electron chi connectivity index (χ0n) is 10.5. The van der Waals surface area contributed by atoms with Gasteiger partial charge in [0.25, 0.3) is 5.91 Å². The number of nitrogens with zero attached hydrogens (tertiary/aromatic N) is 1. The first-order chi connectivity index (χ1) is 9.56. The van der Waals surface area contributed by atoms with E-state index in [1.165, 1.54) is 6.20 Å². The Morgan fingerprint density at radius 1 is 1.25 bits per heavy atom. The van der Waals surface area contributed by atoms with Crippen LogP contribution in [-0.4, -0.2) is 15.9 Å². The molecule has 0 saturated carbocycles. The maximum Gasteiger partial charge on any atom is 0.253 e. The van der Waals surface area contributed by atoms with Gasteiger partial charge in [-0.1, -0.05) is 36.5 Å². The van der Waals surface area contributed by atoms with E-state index in [1.54, 1.807) is 12.1 Å². The topological polar surface area (TPSA) is 68.0 Å². The molecule has 1 heterocycles. The molecule has 1 aromatic heterocycles. The van der Waals surface area contributed by atoms with Gasteiger partial charge < -0.3 is 11.1 Å². The molecule has 2 aromatic rings. The summed E-state index contributed by atoms with van der Waals surface area (Å²) >= 11 is 4.85. The van der Waals surface area contributed by atoms with Crippen molar-refractivity contribution >= 4 is 23.1 Å². The van der Waals surface area contributed by atoms with E-state index in [-0.39, 0.29) is 11.5 Å². The molecule has 0 radical (unpaired) electrons. The molecule has 2 rings (SSSR count). The summed E-state index contributed by atoms with van der Waals surface area (Å²) in [6.45, 7) is 0.326. The minimum absolute atomic E-state index is 0.185. The smallest absolute Gasteiger partial charge is 0.253 e. The highest BCUT2D eigenvalue weighted by molar-refractivity contribution is 7.80. The highest BCUT2D eigenvalue weighted by atomic mass is 32.1. The fraction of sp³-hybridized carbons (Fsp3) is 0.0714. The number of rotatable bonds is 4. The summed E-state index contributed by atoms with van der Waals surface area (Å²) < 4.78 is 12.9. The molecule has 1 aromatic carbocycles.